The van der Waals surface area contributed by atoms with Gasteiger partial charge in [-0.05, 0) is 24.1 Å². The van der Waals surface area contributed by atoms with E-state index in [4.69, 9.17) is 10.4 Å². The van der Waals surface area contributed by atoms with E-state index >= 15 is 0 Å². The summed E-state index contributed by atoms with van der Waals surface area (Å²) >= 11 is 0. The van der Waals surface area contributed by atoms with Gasteiger partial charge in [-0.3, -0.25) is 0 Å². The topological polar surface area (TPSA) is 78.2 Å². The number of benzene rings is 1. The van der Waals surface area contributed by atoms with Crippen molar-refractivity contribution in [3.63, 3.8) is 0 Å². The Morgan fingerprint density at radius 2 is 2.12 bits per heavy atom. The van der Waals surface area contributed by atoms with Gasteiger partial charge in [0.05, 0.1) is 29.7 Å². The second kappa shape index (κ2) is 5.10. The molecule has 0 heterocycles. The third-order valence-corrected chi connectivity index (χ3v) is 3.79. The minimum atomic E-state index is -3.28. The van der Waals surface area contributed by atoms with Crippen LogP contribution in [0.3, 0.4) is 0 Å². The standard InChI is InChI=1S/C11H13NO3S/c1-9-2-3-10(6-11(9)7-12)8-16(14,15)5-4-13/h2-3,6,13H,4-5,8H2,1H3. The molecule has 0 spiro atoms. The molecule has 0 saturated carbocycles. The first-order chi connectivity index (χ1) is 7.48. The monoisotopic (exact) mass is 239 g/mol. The molecule has 0 radical (unpaired) electrons. The van der Waals surface area contributed by atoms with E-state index in [0.717, 1.165) is 5.56 Å². The van der Waals surface area contributed by atoms with Crippen molar-refractivity contribution in [2.24, 2.45) is 0 Å². The number of aliphatic hydroxyl groups excluding tert-OH is 1. The summed E-state index contributed by atoms with van der Waals surface area (Å²) in [6, 6.07) is 6.99. The molecule has 0 amide bonds. The summed E-state index contributed by atoms with van der Waals surface area (Å²) in [5, 5.41) is 17.4. The Hall–Kier alpha value is -1.38. The van der Waals surface area contributed by atoms with Gasteiger partial charge in [-0.2, -0.15) is 5.26 Å². The van der Waals surface area contributed by atoms with Crippen LogP contribution in [-0.4, -0.2) is 25.9 Å². The van der Waals surface area contributed by atoms with Crippen LogP contribution in [0, 0.1) is 18.3 Å². The average Bonchev–Trinajstić information content (AvgIpc) is 2.20. The fourth-order valence-electron chi connectivity index (χ4n) is 1.34. The molecular formula is C11H13NO3S. The van der Waals surface area contributed by atoms with Crippen molar-refractivity contribution in [1.29, 1.82) is 5.26 Å². The summed E-state index contributed by atoms with van der Waals surface area (Å²) in [6.45, 7) is 1.42. The molecule has 0 unspecified atom stereocenters. The van der Waals surface area contributed by atoms with Crippen LogP contribution in [-0.2, 0) is 15.6 Å². The molecule has 1 N–H and O–H groups in total. The number of hydrogen-bond donors (Lipinski definition) is 1. The quantitative estimate of drug-likeness (QED) is 0.842. The van der Waals surface area contributed by atoms with Crippen molar-refractivity contribution in [2.45, 2.75) is 12.7 Å². The number of nitriles is 1. The summed E-state index contributed by atoms with van der Waals surface area (Å²) in [5.74, 6) is -0.384. The first-order valence-electron chi connectivity index (χ1n) is 4.79. The minimum Gasteiger partial charge on any atom is -0.395 e. The molecule has 0 aliphatic heterocycles. The fraction of sp³-hybridized carbons (Fsp3) is 0.364. The van der Waals surface area contributed by atoms with E-state index in [2.05, 4.69) is 0 Å². The Kier molecular flexibility index (Phi) is 4.05. The number of hydrogen-bond acceptors (Lipinski definition) is 4. The Balaban J connectivity index is 2.96. The molecule has 0 saturated heterocycles. The van der Waals surface area contributed by atoms with E-state index in [1.807, 2.05) is 6.07 Å². The number of rotatable bonds is 4. The highest BCUT2D eigenvalue weighted by molar-refractivity contribution is 7.90. The Labute approximate surface area is 95.1 Å². The van der Waals surface area contributed by atoms with E-state index in [1.165, 1.54) is 0 Å². The number of nitrogens with zero attached hydrogens (tertiary/aromatic N) is 1. The van der Waals surface area contributed by atoms with Crippen LogP contribution in [0.25, 0.3) is 0 Å². The lowest BCUT2D eigenvalue weighted by atomic mass is 10.1. The van der Waals surface area contributed by atoms with Crippen molar-refractivity contribution < 1.29 is 13.5 Å². The van der Waals surface area contributed by atoms with Gasteiger partial charge in [0, 0.05) is 0 Å². The minimum absolute atomic E-state index is 0.136. The Morgan fingerprint density at radius 1 is 1.44 bits per heavy atom. The van der Waals surface area contributed by atoms with Crippen molar-refractivity contribution in [2.75, 3.05) is 12.4 Å². The third kappa shape index (κ3) is 3.33. The molecule has 1 rings (SSSR count). The van der Waals surface area contributed by atoms with Gasteiger partial charge in [0.25, 0.3) is 0 Å². The normalized spacial score (nSPS) is 11.1. The lowest BCUT2D eigenvalue weighted by molar-refractivity contribution is 0.319. The van der Waals surface area contributed by atoms with Crippen molar-refractivity contribution in [3.05, 3.63) is 34.9 Å². The van der Waals surface area contributed by atoms with Crippen molar-refractivity contribution in [1.82, 2.24) is 0 Å². The molecular weight excluding hydrogens is 226 g/mol. The fourth-order valence-corrected chi connectivity index (χ4v) is 2.45. The lowest BCUT2D eigenvalue weighted by Gasteiger charge is -2.04. The highest BCUT2D eigenvalue weighted by Gasteiger charge is 2.11. The first kappa shape index (κ1) is 12.7. The predicted octanol–water partition coefficient (Wildman–Crippen LogP) is 0.774. The zero-order valence-corrected chi connectivity index (χ0v) is 9.79. The highest BCUT2D eigenvalue weighted by Crippen LogP contribution is 2.13. The van der Waals surface area contributed by atoms with Crippen LogP contribution in [0.4, 0.5) is 0 Å². The van der Waals surface area contributed by atoms with Gasteiger partial charge < -0.3 is 5.11 Å². The van der Waals surface area contributed by atoms with E-state index < -0.39 is 9.84 Å². The van der Waals surface area contributed by atoms with Crippen LogP contribution in [0.1, 0.15) is 16.7 Å². The zero-order chi connectivity index (χ0) is 12.2. The van der Waals surface area contributed by atoms with Gasteiger partial charge in [0.2, 0.25) is 0 Å². The number of sulfone groups is 1. The van der Waals surface area contributed by atoms with Gasteiger partial charge in [-0.25, -0.2) is 8.42 Å². The maximum atomic E-state index is 11.4. The maximum absolute atomic E-state index is 11.4. The predicted molar refractivity (Wildman–Crippen MR) is 60.5 cm³/mol. The van der Waals surface area contributed by atoms with Crippen LogP contribution in [0.2, 0.25) is 0 Å². The van der Waals surface area contributed by atoms with E-state index in [0.29, 0.717) is 11.1 Å². The summed E-state index contributed by atoms with van der Waals surface area (Å²) in [6.07, 6.45) is 0. The molecule has 1 aromatic rings. The zero-order valence-electron chi connectivity index (χ0n) is 8.97. The number of aliphatic hydroxyl groups is 1. The second-order valence-corrected chi connectivity index (χ2v) is 5.76. The molecule has 16 heavy (non-hydrogen) atoms. The Morgan fingerprint density at radius 3 is 2.69 bits per heavy atom. The molecule has 0 atom stereocenters. The smallest absolute Gasteiger partial charge is 0.156 e. The molecule has 0 aromatic heterocycles. The average molecular weight is 239 g/mol. The molecule has 0 bridgehead atoms. The summed E-state index contributed by atoms with van der Waals surface area (Å²) in [7, 11) is -3.28. The SMILES string of the molecule is Cc1ccc(CS(=O)(=O)CCO)cc1C#N. The van der Waals surface area contributed by atoms with Gasteiger partial charge >= 0.3 is 0 Å². The van der Waals surface area contributed by atoms with Crippen LogP contribution in [0.5, 0.6) is 0 Å². The Bertz CT molecular complexity index is 515. The summed E-state index contributed by atoms with van der Waals surface area (Å²) < 4.78 is 22.9. The van der Waals surface area contributed by atoms with Gasteiger partial charge in [0.1, 0.15) is 0 Å². The molecule has 5 heteroatoms. The summed E-state index contributed by atoms with van der Waals surface area (Å²) in [5.41, 5.74) is 1.89. The van der Waals surface area contributed by atoms with Crippen LogP contribution in [0.15, 0.2) is 18.2 Å². The van der Waals surface area contributed by atoms with Crippen molar-refractivity contribution >= 4 is 9.84 Å². The second-order valence-electron chi connectivity index (χ2n) is 3.58. The van der Waals surface area contributed by atoms with Crippen LogP contribution >= 0.6 is 0 Å². The lowest BCUT2D eigenvalue weighted by Crippen LogP contribution is -2.12. The molecule has 4 nitrogen and oxygen atoms in total. The van der Waals surface area contributed by atoms with Crippen LogP contribution < -0.4 is 0 Å². The first-order valence-corrected chi connectivity index (χ1v) is 6.61. The summed E-state index contributed by atoms with van der Waals surface area (Å²) in [4.78, 5) is 0. The van der Waals surface area contributed by atoms with Gasteiger partial charge in [0.15, 0.2) is 9.84 Å². The maximum Gasteiger partial charge on any atom is 0.156 e. The van der Waals surface area contributed by atoms with Crippen molar-refractivity contribution in [3.8, 4) is 6.07 Å². The molecule has 0 aliphatic carbocycles. The molecule has 1 aromatic carbocycles. The van der Waals surface area contributed by atoms with Gasteiger partial charge in [-0.15, -0.1) is 0 Å². The molecule has 0 aliphatic rings. The van der Waals surface area contributed by atoms with E-state index in [-0.39, 0.29) is 18.1 Å². The number of aryl methyl sites for hydroxylation is 1. The van der Waals surface area contributed by atoms with Gasteiger partial charge in [-0.1, -0.05) is 12.1 Å². The van der Waals surface area contributed by atoms with E-state index in [1.54, 1.807) is 25.1 Å². The molecule has 0 fully saturated rings. The van der Waals surface area contributed by atoms with E-state index in [9.17, 15) is 8.42 Å². The highest BCUT2D eigenvalue weighted by atomic mass is 32.2. The third-order valence-electron chi connectivity index (χ3n) is 2.21. The largest absolute Gasteiger partial charge is 0.395 e. The molecule has 86 valence electrons.